The lowest BCUT2D eigenvalue weighted by Gasteiger charge is -2.12. The van der Waals surface area contributed by atoms with E-state index < -0.39 is 32.6 Å². The normalized spacial score (nSPS) is 14.7. The lowest BCUT2D eigenvalue weighted by Crippen LogP contribution is -2.34. The zero-order valence-corrected chi connectivity index (χ0v) is 19.5. The van der Waals surface area contributed by atoms with Gasteiger partial charge in [0.25, 0.3) is 5.91 Å². The van der Waals surface area contributed by atoms with Gasteiger partial charge in [0, 0.05) is 30.3 Å². The van der Waals surface area contributed by atoms with E-state index in [1.54, 1.807) is 12.1 Å². The van der Waals surface area contributed by atoms with Crippen LogP contribution in [0.5, 0.6) is 0 Å². The molecule has 1 saturated carbocycles. The van der Waals surface area contributed by atoms with Crippen LogP contribution in [0.25, 0.3) is 0 Å². The molecule has 34 heavy (non-hydrogen) atoms. The molecule has 0 heterocycles. The number of alkyl halides is 3. The monoisotopic (exact) mass is 517 g/mol. The lowest BCUT2D eigenvalue weighted by molar-refractivity contribution is -0.137. The van der Waals surface area contributed by atoms with Gasteiger partial charge in [-0.2, -0.15) is 13.2 Å². The van der Waals surface area contributed by atoms with Crippen molar-refractivity contribution in [2.75, 3.05) is 18.4 Å². The first-order chi connectivity index (χ1) is 16.0. The van der Waals surface area contributed by atoms with Crippen LogP contribution in [0.4, 0.5) is 18.9 Å². The Balaban J connectivity index is 1.50. The molecule has 1 aliphatic rings. The number of carbonyl (C=O) groups excluding carboxylic acids is 2. The highest BCUT2D eigenvalue weighted by Crippen LogP contribution is 2.33. The molecule has 2 aromatic carbocycles. The summed E-state index contributed by atoms with van der Waals surface area (Å²) < 4.78 is 65.5. The Kier molecular flexibility index (Phi) is 8.21. The van der Waals surface area contributed by atoms with Gasteiger partial charge in [-0.25, -0.2) is 13.1 Å². The fourth-order valence-electron chi connectivity index (χ4n) is 3.56. The van der Waals surface area contributed by atoms with Crippen molar-refractivity contribution in [2.45, 2.75) is 36.8 Å². The molecule has 0 aliphatic heterocycles. The molecule has 1 fully saturated rings. The molecule has 2 amide bonds. The van der Waals surface area contributed by atoms with Gasteiger partial charge in [-0.15, -0.1) is 0 Å². The molecule has 184 valence electrons. The maximum atomic E-state index is 12.9. The van der Waals surface area contributed by atoms with E-state index in [0.29, 0.717) is 23.4 Å². The topological polar surface area (TPSA) is 104 Å². The third-order valence-corrected chi connectivity index (χ3v) is 7.33. The third-order valence-electron chi connectivity index (χ3n) is 5.39. The Morgan fingerprint density at radius 2 is 1.65 bits per heavy atom. The minimum absolute atomic E-state index is 0.0116. The van der Waals surface area contributed by atoms with Crippen LogP contribution >= 0.6 is 11.6 Å². The first-order valence-electron chi connectivity index (χ1n) is 10.5. The van der Waals surface area contributed by atoms with Crippen LogP contribution in [-0.2, 0) is 21.0 Å². The van der Waals surface area contributed by atoms with Gasteiger partial charge in [0.1, 0.15) is 4.90 Å². The number of hydrogen-bond acceptors (Lipinski definition) is 4. The summed E-state index contributed by atoms with van der Waals surface area (Å²) in [6, 6.07) is 8.24. The smallest absolute Gasteiger partial charge is 0.351 e. The molecule has 0 bridgehead atoms. The summed E-state index contributed by atoms with van der Waals surface area (Å²) in [5.41, 5.74) is -0.282. The van der Waals surface area contributed by atoms with E-state index in [4.69, 9.17) is 11.6 Å². The standard InChI is InChI=1S/C22H23ClF3N3O4S/c23-18-10-7-16(22(24,25)26)13-19(18)34(32,33)28-12-11-27-20(30)15-5-8-17(9-6-15)29-21(31)14-3-1-2-4-14/h5-10,13-14,28H,1-4,11-12H2,(H,27,30)(H,29,31). The predicted molar refractivity (Wildman–Crippen MR) is 121 cm³/mol. The fourth-order valence-corrected chi connectivity index (χ4v) is 5.12. The van der Waals surface area contributed by atoms with Gasteiger partial charge in [-0.05, 0) is 55.3 Å². The highest BCUT2D eigenvalue weighted by molar-refractivity contribution is 7.89. The lowest BCUT2D eigenvalue weighted by atomic mass is 10.1. The molecule has 0 spiro atoms. The Bertz CT molecular complexity index is 1150. The van der Waals surface area contributed by atoms with Crippen molar-refractivity contribution in [3.05, 3.63) is 58.6 Å². The second kappa shape index (κ2) is 10.7. The maximum Gasteiger partial charge on any atom is 0.416 e. The first-order valence-corrected chi connectivity index (χ1v) is 12.4. The van der Waals surface area contributed by atoms with Crippen LogP contribution < -0.4 is 15.4 Å². The quantitative estimate of drug-likeness (QED) is 0.456. The van der Waals surface area contributed by atoms with Crippen LogP contribution in [0, 0.1) is 5.92 Å². The molecule has 0 radical (unpaired) electrons. The average Bonchev–Trinajstić information content (AvgIpc) is 3.32. The SMILES string of the molecule is O=C(NCCNS(=O)(=O)c1cc(C(F)(F)F)ccc1Cl)c1ccc(NC(=O)C2CCCC2)cc1. The van der Waals surface area contributed by atoms with E-state index in [-0.39, 0.29) is 29.9 Å². The minimum atomic E-state index is -4.72. The molecule has 12 heteroatoms. The zero-order valence-electron chi connectivity index (χ0n) is 17.9. The number of hydrogen-bond donors (Lipinski definition) is 3. The van der Waals surface area contributed by atoms with E-state index in [0.717, 1.165) is 31.7 Å². The second-order valence-electron chi connectivity index (χ2n) is 7.84. The number of halogens is 4. The van der Waals surface area contributed by atoms with Crippen molar-refractivity contribution in [1.82, 2.24) is 10.0 Å². The van der Waals surface area contributed by atoms with Crippen LogP contribution in [0.1, 0.15) is 41.6 Å². The summed E-state index contributed by atoms with van der Waals surface area (Å²) in [5.74, 6) is -0.509. The Morgan fingerprint density at radius 3 is 2.26 bits per heavy atom. The molecular formula is C22H23ClF3N3O4S. The second-order valence-corrected chi connectivity index (χ2v) is 9.99. The number of sulfonamides is 1. The number of benzene rings is 2. The molecule has 3 rings (SSSR count). The van der Waals surface area contributed by atoms with E-state index in [9.17, 15) is 31.2 Å². The Hall–Kier alpha value is -2.63. The van der Waals surface area contributed by atoms with Crippen LogP contribution in [0.15, 0.2) is 47.4 Å². The van der Waals surface area contributed by atoms with Crippen molar-refractivity contribution >= 4 is 39.1 Å². The maximum absolute atomic E-state index is 12.9. The number of nitrogens with one attached hydrogen (secondary N) is 3. The van der Waals surface area contributed by atoms with Crippen molar-refractivity contribution in [1.29, 1.82) is 0 Å². The molecule has 2 aromatic rings. The molecule has 0 atom stereocenters. The molecule has 0 saturated heterocycles. The number of carbonyl (C=O) groups is 2. The van der Waals surface area contributed by atoms with Gasteiger partial charge in [0.05, 0.1) is 10.6 Å². The summed E-state index contributed by atoms with van der Waals surface area (Å²) in [7, 11) is -4.33. The van der Waals surface area contributed by atoms with Gasteiger partial charge in [0.15, 0.2) is 0 Å². The van der Waals surface area contributed by atoms with Gasteiger partial charge in [0.2, 0.25) is 15.9 Å². The van der Waals surface area contributed by atoms with Crippen LogP contribution in [0.2, 0.25) is 5.02 Å². The summed E-state index contributed by atoms with van der Waals surface area (Å²) in [6.07, 6.45) is -0.898. The summed E-state index contributed by atoms with van der Waals surface area (Å²) in [4.78, 5) is 23.7. The largest absolute Gasteiger partial charge is 0.416 e. The molecule has 0 unspecified atom stereocenters. The Morgan fingerprint density at radius 1 is 1.00 bits per heavy atom. The number of rotatable bonds is 8. The summed E-state index contributed by atoms with van der Waals surface area (Å²) >= 11 is 5.77. The molecule has 1 aliphatic carbocycles. The van der Waals surface area contributed by atoms with Crippen molar-refractivity contribution in [3.63, 3.8) is 0 Å². The third kappa shape index (κ3) is 6.71. The summed E-state index contributed by atoms with van der Waals surface area (Å²) in [6.45, 7) is -0.384. The zero-order chi connectivity index (χ0) is 24.9. The van der Waals surface area contributed by atoms with E-state index in [1.165, 1.54) is 12.1 Å². The van der Waals surface area contributed by atoms with Crippen LogP contribution in [-0.4, -0.2) is 33.3 Å². The molecule has 3 N–H and O–H groups in total. The first kappa shape index (κ1) is 26.0. The highest BCUT2D eigenvalue weighted by Gasteiger charge is 2.32. The summed E-state index contributed by atoms with van der Waals surface area (Å²) in [5, 5.41) is 4.98. The Labute approximate surface area is 200 Å². The van der Waals surface area contributed by atoms with Gasteiger partial charge < -0.3 is 10.6 Å². The van der Waals surface area contributed by atoms with Gasteiger partial charge in [-0.3, -0.25) is 9.59 Å². The van der Waals surface area contributed by atoms with E-state index >= 15 is 0 Å². The van der Waals surface area contributed by atoms with Crippen molar-refractivity contribution in [3.8, 4) is 0 Å². The van der Waals surface area contributed by atoms with E-state index in [2.05, 4.69) is 15.4 Å². The number of amides is 2. The van der Waals surface area contributed by atoms with Crippen LogP contribution in [0.3, 0.4) is 0 Å². The average molecular weight is 518 g/mol. The highest BCUT2D eigenvalue weighted by atomic mass is 35.5. The van der Waals surface area contributed by atoms with Gasteiger partial charge >= 0.3 is 6.18 Å². The van der Waals surface area contributed by atoms with Crippen molar-refractivity contribution < 1.29 is 31.2 Å². The molecular weight excluding hydrogens is 495 g/mol. The van der Waals surface area contributed by atoms with Gasteiger partial charge in [-0.1, -0.05) is 24.4 Å². The number of anilines is 1. The fraction of sp³-hybridized carbons (Fsp3) is 0.364. The predicted octanol–water partition coefficient (Wildman–Crippen LogP) is 4.20. The molecule has 0 aromatic heterocycles. The van der Waals surface area contributed by atoms with Crippen molar-refractivity contribution in [2.24, 2.45) is 5.92 Å². The minimum Gasteiger partial charge on any atom is -0.351 e. The molecule has 7 nitrogen and oxygen atoms in total. The van der Waals surface area contributed by atoms with E-state index in [1.807, 2.05) is 0 Å².